The first-order chi connectivity index (χ1) is 6.61. The van der Waals surface area contributed by atoms with Crippen LogP contribution in [0.1, 0.15) is 0 Å². The first-order valence-electron chi connectivity index (χ1n) is 3.40. The van der Waals surface area contributed by atoms with E-state index in [0.29, 0.717) is 0 Å². The predicted octanol–water partition coefficient (Wildman–Crippen LogP) is 0.268. The number of nitro groups is 1. The summed E-state index contributed by atoms with van der Waals surface area (Å²) in [5.41, 5.74) is 4.99. The molecule has 2 aromatic heterocycles. The molecule has 0 radical (unpaired) electrons. The molecule has 72 valence electrons. The van der Waals surface area contributed by atoms with Crippen LogP contribution in [-0.4, -0.2) is 24.7 Å². The fraction of sp³-hybridized carbons (Fsp3) is 0. The summed E-state index contributed by atoms with van der Waals surface area (Å²) in [7, 11) is 0. The summed E-state index contributed by atoms with van der Waals surface area (Å²) in [6.45, 7) is 0. The van der Waals surface area contributed by atoms with Gasteiger partial charge < -0.3 is 5.73 Å². The van der Waals surface area contributed by atoms with E-state index in [1.807, 2.05) is 0 Å². The molecule has 2 aromatic rings. The molecule has 2 heterocycles. The molecule has 0 amide bonds. The van der Waals surface area contributed by atoms with E-state index < -0.39 is 10.6 Å². The molecular weight excluding hydrogens is 212 g/mol. The van der Waals surface area contributed by atoms with Gasteiger partial charge in [0.2, 0.25) is 10.8 Å². The SMILES string of the molecule is Nc1c([N+](=O)[O-])c(Cl)nn2cnnc12. The molecule has 8 nitrogen and oxygen atoms in total. The smallest absolute Gasteiger partial charge is 0.334 e. The molecule has 14 heavy (non-hydrogen) atoms. The summed E-state index contributed by atoms with van der Waals surface area (Å²) in [4.78, 5) is 9.84. The minimum atomic E-state index is -0.709. The number of nitrogens with two attached hydrogens (primary N) is 1. The Morgan fingerprint density at radius 1 is 1.64 bits per heavy atom. The minimum absolute atomic E-state index is 0.112. The number of halogens is 1. The van der Waals surface area contributed by atoms with E-state index >= 15 is 0 Å². The van der Waals surface area contributed by atoms with Crippen LogP contribution >= 0.6 is 11.6 Å². The van der Waals surface area contributed by atoms with E-state index in [1.54, 1.807) is 0 Å². The van der Waals surface area contributed by atoms with Crippen molar-refractivity contribution >= 4 is 28.6 Å². The monoisotopic (exact) mass is 214 g/mol. The Morgan fingerprint density at radius 2 is 2.36 bits per heavy atom. The zero-order valence-electron chi connectivity index (χ0n) is 6.59. The maximum absolute atomic E-state index is 10.6. The van der Waals surface area contributed by atoms with Crippen LogP contribution in [0.4, 0.5) is 11.4 Å². The fourth-order valence-corrected chi connectivity index (χ4v) is 1.27. The van der Waals surface area contributed by atoms with E-state index in [9.17, 15) is 10.1 Å². The van der Waals surface area contributed by atoms with Crippen LogP contribution in [0.3, 0.4) is 0 Å². The normalized spacial score (nSPS) is 10.6. The lowest BCUT2D eigenvalue weighted by molar-refractivity contribution is -0.384. The van der Waals surface area contributed by atoms with Crippen molar-refractivity contribution in [2.45, 2.75) is 0 Å². The number of fused-ring (bicyclic) bond motifs is 1. The van der Waals surface area contributed by atoms with Crippen LogP contribution in [-0.2, 0) is 0 Å². The zero-order valence-corrected chi connectivity index (χ0v) is 7.34. The molecule has 2 N–H and O–H groups in total. The highest BCUT2D eigenvalue weighted by Gasteiger charge is 2.22. The van der Waals surface area contributed by atoms with Gasteiger partial charge in [-0.1, -0.05) is 11.6 Å². The van der Waals surface area contributed by atoms with E-state index in [4.69, 9.17) is 17.3 Å². The summed E-state index contributed by atoms with van der Waals surface area (Å²) in [5, 5.41) is 21.0. The maximum atomic E-state index is 10.6. The second-order valence-corrected chi connectivity index (χ2v) is 2.77. The molecule has 0 aliphatic carbocycles. The van der Waals surface area contributed by atoms with Gasteiger partial charge >= 0.3 is 5.69 Å². The maximum Gasteiger partial charge on any atom is 0.334 e. The van der Waals surface area contributed by atoms with Gasteiger partial charge in [0.05, 0.1) is 4.92 Å². The number of hydrogen-bond acceptors (Lipinski definition) is 6. The Morgan fingerprint density at radius 3 is 3.00 bits per heavy atom. The van der Waals surface area contributed by atoms with Gasteiger partial charge in [-0.3, -0.25) is 10.1 Å². The van der Waals surface area contributed by atoms with Gasteiger partial charge in [-0.15, -0.1) is 15.3 Å². The third-order valence-electron chi connectivity index (χ3n) is 1.60. The van der Waals surface area contributed by atoms with Gasteiger partial charge in [-0.2, -0.15) is 4.52 Å². The van der Waals surface area contributed by atoms with Crippen LogP contribution in [0.15, 0.2) is 6.33 Å². The molecule has 0 aliphatic rings. The van der Waals surface area contributed by atoms with Crippen molar-refractivity contribution in [1.29, 1.82) is 0 Å². The Kier molecular flexibility index (Phi) is 1.71. The molecule has 9 heteroatoms. The van der Waals surface area contributed by atoms with Crippen molar-refractivity contribution < 1.29 is 4.92 Å². The summed E-state index contributed by atoms with van der Waals surface area (Å²) in [6.07, 6.45) is 1.25. The molecule has 2 rings (SSSR count). The van der Waals surface area contributed by atoms with Crippen molar-refractivity contribution in [1.82, 2.24) is 19.8 Å². The third kappa shape index (κ3) is 1.04. The quantitative estimate of drug-likeness (QED) is 0.538. The van der Waals surface area contributed by atoms with E-state index in [0.717, 1.165) is 0 Å². The van der Waals surface area contributed by atoms with Gasteiger partial charge in [0, 0.05) is 0 Å². The largest absolute Gasteiger partial charge is 0.390 e. The lowest BCUT2D eigenvalue weighted by atomic mass is 10.4. The lowest BCUT2D eigenvalue weighted by Gasteiger charge is -1.99. The highest BCUT2D eigenvalue weighted by atomic mass is 35.5. The van der Waals surface area contributed by atoms with Gasteiger partial charge in [-0.05, 0) is 0 Å². The summed E-state index contributed by atoms with van der Waals surface area (Å²) >= 11 is 5.55. The van der Waals surface area contributed by atoms with E-state index in [-0.39, 0.29) is 16.5 Å². The zero-order chi connectivity index (χ0) is 10.3. The standard InChI is InChI=1S/C5H3ClN6O2/c6-4-3(12(13)14)2(7)5-9-8-1-11(5)10-4/h1H,7H2. The molecule has 0 bridgehead atoms. The van der Waals surface area contributed by atoms with E-state index in [1.165, 1.54) is 10.8 Å². The molecule has 0 atom stereocenters. The third-order valence-corrected chi connectivity index (χ3v) is 1.85. The molecule has 0 saturated carbocycles. The fourth-order valence-electron chi connectivity index (χ4n) is 1.01. The van der Waals surface area contributed by atoms with Crippen LogP contribution < -0.4 is 5.73 Å². The molecule has 0 unspecified atom stereocenters. The number of nitrogen functional groups attached to an aromatic ring is 1. The van der Waals surface area contributed by atoms with Gasteiger partial charge in [-0.25, -0.2) is 0 Å². The first kappa shape index (κ1) is 8.63. The number of rotatable bonds is 1. The number of hydrogen-bond donors (Lipinski definition) is 1. The first-order valence-corrected chi connectivity index (χ1v) is 3.78. The second-order valence-electron chi connectivity index (χ2n) is 2.41. The van der Waals surface area contributed by atoms with Crippen LogP contribution in [0.2, 0.25) is 5.15 Å². The van der Waals surface area contributed by atoms with Crippen LogP contribution in [0.5, 0.6) is 0 Å². The topological polar surface area (TPSA) is 112 Å². The van der Waals surface area contributed by atoms with Gasteiger partial charge in [0.15, 0.2) is 5.69 Å². The summed E-state index contributed by atoms with van der Waals surface area (Å²) in [6, 6.07) is 0. The molecule has 0 saturated heterocycles. The molecule has 0 aliphatic heterocycles. The van der Waals surface area contributed by atoms with Crippen LogP contribution in [0.25, 0.3) is 5.65 Å². The minimum Gasteiger partial charge on any atom is -0.390 e. The van der Waals surface area contributed by atoms with Gasteiger partial charge in [0.25, 0.3) is 0 Å². The average Bonchev–Trinajstić information content (AvgIpc) is 2.50. The average molecular weight is 215 g/mol. The number of aromatic nitrogens is 4. The van der Waals surface area contributed by atoms with E-state index in [2.05, 4.69) is 15.3 Å². The Labute approximate surface area is 81.4 Å². The summed E-state index contributed by atoms with van der Waals surface area (Å²) < 4.78 is 1.17. The van der Waals surface area contributed by atoms with Crippen molar-refractivity contribution in [2.75, 3.05) is 5.73 Å². The second kappa shape index (κ2) is 2.77. The molecular formula is C5H3ClN6O2. The molecule has 0 aromatic carbocycles. The van der Waals surface area contributed by atoms with Crippen molar-refractivity contribution in [3.63, 3.8) is 0 Å². The predicted molar refractivity (Wildman–Crippen MR) is 46.9 cm³/mol. The highest BCUT2D eigenvalue weighted by Crippen LogP contribution is 2.30. The van der Waals surface area contributed by atoms with Crippen molar-refractivity contribution in [2.24, 2.45) is 0 Å². The number of nitrogens with zero attached hydrogens (tertiary/aromatic N) is 5. The Bertz CT molecular complexity index is 522. The Balaban J connectivity index is 2.89. The molecule has 0 fully saturated rings. The van der Waals surface area contributed by atoms with Gasteiger partial charge in [0.1, 0.15) is 6.33 Å². The van der Waals surface area contributed by atoms with Crippen molar-refractivity contribution in [3.8, 4) is 0 Å². The lowest BCUT2D eigenvalue weighted by Crippen LogP contribution is -2.03. The highest BCUT2D eigenvalue weighted by molar-refractivity contribution is 6.32. The summed E-state index contributed by atoms with van der Waals surface area (Å²) in [5.74, 6) is 0. The van der Waals surface area contributed by atoms with Crippen molar-refractivity contribution in [3.05, 3.63) is 21.6 Å². The number of anilines is 1. The van der Waals surface area contributed by atoms with Crippen LogP contribution in [0, 0.1) is 10.1 Å². The Hall–Kier alpha value is -1.96. The molecule has 0 spiro atoms.